The number of nitrogens with one attached hydrogen (secondary N) is 1. The van der Waals surface area contributed by atoms with Gasteiger partial charge in [-0.1, -0.05) is 12.0 Å². The summed E-state index contributed by atoms with van der Waals surface area (Å²) in [5, 5.41) is 3.46. The monoisotopic (exact) mass is 634 g/mol. The summed E-state index contributed by atoms with van der Waals surface area (Å²) in [6, 6.07) is 6.07. The summed E-state index contributed by atoms with van der Waals surface area (Å²) in [5.41, 5.74) is 4.88. The number of rotatable bonds is 5. The number of piperazine rings is 1. The molecular formula is C34H31F5N6O. The van der Waals surface area contributed by atoms with Gasteiger partial charge in [0, 0.05) is 65.5 Å². The Morgan fingerprint density at radius 2 is 1.76 bits per heavy atom. The summed E-state index contributed by atoms with van der Waals surface area (Å²) in [4.78, 5) is 13.5. The Labute approximate surface area is 261 Å². The fourth-order valence-corrected chi connectivity index (χ4v) is 8.15. The zero-order chi connectivity index (χ0) is 31.9. The number of alkyl halides is 1. The summed E-state index contributed by atoms with van der Waals surface area (Å²) < 4.78 is 81.8. The highest BCUT2D eigenvalue weighted by Crippen LogP contribution is 2.43. The van der Waals surface area contributed by atoms with Gasteiger partial charge in [-0.15, -0.1) is 6.42 Å². The van der Waals surface area contributed by atoms with Crippen LogP contribution in [0.3, 0.4) is 0 Å². The summed E-state index contributed by atoms with van der Waals surface area (Å²) in [5.74, 6) is -2.97. The van der Waals surface area contributed by atoms with Crippen molar-refractivity contribution < 1.29 is 26.7 Å². The van der Waals surface area contributed by atoms with E-state index in [-0.39, 0.29) is 57.8 Å². The topological polar surface area (TPSA) is 79.5 Å². The number of nitrogen functional groups attached to an aromatic ring is 1. The predicted octanol–water partition coefficient (Wildman–Crippen LogP) is 5.47. The first kappa shape index (κ1) is 29.2. The summed E-state index contributed by atoms with van der Waals surface area (Å²) in [6.07, 6.45) is 8.69. The van der Waals surface area contributed by atoms with Crippen molar-refractivity contribution in [1.29, 1.82) is 0 Å². The molecule has 4 aromatic rings. The number of aromatic nitrogens is 2. The molecule has 8 rings (SSSR count). The van der Waals surface area contributed by atoms with Gasteiger partial charge in [0.15, 0.2) is 23.3 Å². The number of hydrogen-bond acceptors (Lipinski definition) is 7. The minimum absolute atomic E-state index is 0.00155. The van der Waals surface area contributed by atoms with Crippen molar-refractivity contribution in [2.45, 2.75) is 55.9 Å². The van der Waals surface area contributed by atoms with E-state index in [1.54, 1.807) is 6.07 Å². The largest absolute Gasteiger partial charge is 0.461 e. The standard InChI is InChI=1S/C34H31F5N6O/c1-2-21-26-24(10-18(40)11-25(26)28(37)30(39)27(21)36)22-6-7-23-31(29(22)38)42-33(43-32(23)44-14-19-4-5-20(15-44)41-19)46-16-34-8-3-9-45(34)13-17(35)12-34/h1,6-7,10-11,17,19-20,41H,3-5,8-9,12-16,40H2/t17-,19?,20?,34+/m1/s1. The minimum atomic E-state index is -1.73. The molecule has 2 bridgehead atoms. The van der Waals surface area contributed by atoms with Crippen LogP contribution in [0.25, 0.3) is 32.8 Å². The fourth-order valence-electron chi connectivity index (χ4n) is 8.15. The number of fused-ring (bicyclic) bond motifs is 5. The number of nitrogens with two attached hydrogens (primary N) is 1. The van der Waals surface area contributed by atoms with E-state index in [0.717, 1.165) is 38.3 Å². The van der Waals surface area contributed by atoms with E-state index >= 15 is 8.78 Å². The lowest BCUT2D eigenvalue weighted by Crippen LogP contribution is -2.51. The Morgan fingerprint density at radius 1 is 0.978 bits per heavy atom. The van der Waals surface area contributed by atoms with Crippen LogP contribution in [-0.2, 0) is 0 Å². The zero-order valence-electron chi connectivity index (χ0n) is 24.9. The van der Waals surface area contributed by atoms with E-state index in [4.69, 9.17) is 21.9 Å². The molecule has 238 valence electrons. The van der Waals surface area contributed by atoms with Crippen molar-refractivity contribution in [2.75, 3.05) is 43.4 Å². The first-order valence-electron chi connectivity index (χ1n) is 15.6. The maximum Gasteiger partial charge on any atom is 0.319 e. The van der Waals surface area contributed by atoms with Crippen molar-refractivity contribution >= 4 is 33.2 Å². The van der Waals surface area contributed by atoms with Crippen LogP contribution in [0.4, 0.5) is 33.5 Å². The SMILES string of the molecule is C#Cc1c(F)c(F)c(F)c2cc(N)cc(-c3ccc4c(N5CC6CCC(C5)N6)nc(OC[C@@]56CCCN5C[C@H](F)C6)nc4c3F)c12. The van der Waals surface area contributed by atoms with Gasteiger partial charge in [0.2, 0.25) is 0 Å². The number of benzene rings is 3. The van der Waals surface area contributed by atoms with Crippen LogP contribution in [0.1, 0.15) is 37.7 Å². The molecule has 0 saturated carbocycles. The van der Waals surface area contributed by atoms with E-state index in [2.05, 4.69) is 26.0 Å². The lowest BCUT2D eigenvalue weighted by molar-refractivity contribution is 0.107. The molecule has 4 atom stereocenters. The van der Waals surface area contributed by atoms with E-state index in [1.165, 1.54) is 12.1 Å². The molecule has 4 aliphatic rings. The van der Waals surface area contributed by atoms with Crippen LogP contribution in [0.15, 0.2) is 24.3 Å². The van der Waals surface area contributed by atoms with Crippen LogP contribution in [0.2, 0.25) is 0 Å². The Hall–Kier alpha value is -4.21. The van der Waals surface area contributed by atoms with Crippen molar-refractivity contribution in [3.8, 4) is 29.5 Å². The van der Waals surface area contributed by atoms with Gasteiger partial charge < -0.3 is 20.7 Å². The van der Waals surface area contributed by atoms with Crippen LogP contribution in [-0.4, -0.2) is 71.4 Å². The summed E-state index contributed by atoms with van der Waals surface area (Å²) in [6.45, 7) is 2.61. The number of ether oxygens (including phenoxy) is 1. The third-order valence-electron chi connectivity index (χ3n) is 10.2. The molecule has 4 saturated heterocycles. The van der Waals surface area contributed by atoms with Gasteiger partial charge in [-0.3, -0.25) is 4.90 Å². The van der Waals surface area contributed by atoms with Crippen LogP contribution in [0, 0.1) is 35.6 Å². The van der Waals surface area contributed by atoms with Gasteiger partial charge in [0.05, 0.1) is 11.1 Å². The molecule has 12 heteroatoms. The van der Waals surface area contributed by atoms with Crippen molar-refractivity contribution in [3.05, 3.63) is 53.1 Å². The van der Waals surface area contributed by atoms with E-state index in [9.17, 15) is 13.2 Å². The highest BCUT2D eigenvalue weighted by atomic mass is 19.2. The number of anilines is 2. The molecule has 1 aromatic heterocycles. The molecule has 5 heterocycles. The highest BCUT2D eigenvalue weighted by molar-refractivity contribution is 6.05. The van der Waals surface area contributed by atoms with Crippen LogP contribution in [0.5, 0.6) is 6.01 Å². The van der Waals surface area contributed by atoms with Gasteiger partial charge in [0.1, 0.15) is 24.1 Å². The molecule has 46 heavy (non-hydrogen) atoms. The zero-order valence-corrected chi connectivity index (χ0v) is 24.9. The number of hydrogen-bond donors (Lipinski definition) is 2. The molecule has 3 N–H and O–H groups in total. The molecule has 7 nitrogen and oxygen atoms in total. The normalized spacial score (nSPS) is 25.8. The Bertz CT molecular complexity index is 1950. The van der Waals surface area contributed by atoms with Gasteiger partial charge in [-0.2, -0.15) is 9.97 Å². The second-order valence-corrected chi connectivity index (χ2v) is 13.0. The second kappa shape index (κ2) is 10.7. The maximum atomic E-state index is 16.8. The number of nitrogens with zero attached hydrogens (tertiary/aromatic N) is 4. The third kappa shape index (κ3) is 4.47. The van der Waals surface area contributed by atoms with Crippen molar-refractivity contribution in [1.82, 2.24) is 20.2 Å². The summed E-state index contributed by atoms with van der Waals surface area (Å²) in [7, 11) is 0. The third-order valence-corrected chi connectivity index (χ3v) is 10.2. The highest BCUT2D eigenvalue weighted by Gasteiger charge is 2.49. The molecule has 4 aliphatic heterocycles. The van der Waals surface area contributed by atoms with E-state index < -0.39 is 40.5 Å². The smallest absolute Gasteiger partial charge is 0.319 e. The average Bonchev–Trinajstić information content (AvgIpc) is 3.69. The van der Waals surface area contributed by atoms with E-state index in [1.807, 2.05) is 0 Å². The lowest BCUT2D eigenvalue weighted by atomic mass is 9.92. The molecule has 2 unspecified atom stereocenters. The Kier molecular flexibility index (Phi) is 6.78. The van der Waals surface area contributed by atoms with E-state index in [0.29, 0.717) is 37.3 Å². The maximum absolute atomic E-state index is 16.8. The van der Waals surface area contributed by atoms with Gasteiger partial charge >= 0.3 is 6.01 Å². The molecule has 0 aliphatic carbocycles. The quantitative estimate of drug-likeness (QED) is 0.131. The first-order chi connectivity index (χ1) is 22.2. The number of halogens is 5. The van der Waals surface area contributed by atoms with Crippen molar-refractivity contribution in [3.63, 3.8) is 0 Å². The molecule has 0 spiro atoms. The first-order valence-corrected chi connectivity index (χ1v) is 15.6. The predicted molar refractivity (Wildman–Crippen MR) is 165 cm³/mol. The summed E-state index contributed by atoms with van der Waals surface area (Å²) >= 11 is 0. The minimum Gasteiger partial charge on any atom is -0.461 e. The van der Waals surface area contributed by atoms with Crippen molar-refractivity contribution in [2.24, 2.45) is 0 Å². The molecule has 4 fully saturated rings. The molecule has 3 aromatic carbocycles. The van der Waals surface area contributed by atoms with Crippen LogP contribution >= 0.6 is 0 Å². The Balaban J connectivity index is 1.29. The Morgan fingerprint density at radius 3 is 2.52 bits per heavy atom. The molecular weight excluding hydrogens is 603 g/mol. The second-order valence-electron chi connectivity index (χ2n) is 13.0. The lowest BCUT2D eigenvalue weighted by Gasteiger charge is -2.34. The van der Waals surface area contributed by atoms with Gasteiger partial charge in [-0.25, -0.2) is 22.0 Å². The number of terminal acetylenes is 1. The fraction of sp³-hybridized carbons (Fsp3) is 0.412. The van der Waals surface area contributed by atoms with Crippen LogP contribution < -0.4 is 20.7 Å². The average molecular weight is 635 g/mol. The molecule has 0 amide bonds. The molecule has 0 radical (unpaired) electrons. The van der Waals surface area contributed by atoms with Gasteiger partial charge in [0.25, 0.3) is 0 Å². The van der Waals surface area contributed by atoms with Gasteiger partial charge in [-0.05, 0) is 56.0 Å².